The highest BCUT2D eigenvalue weighted by Gasteiger charge is 2.10. The topological polar surface area (TPSA) is 23.6 Å². The van der Waals surface area contributed by atoms with E-state index in [1.165, 1.54) is 5.56 Å². The van der Waals surface area contributed by atoms with Crippen LogP contribution >= 0.6 is 11.3 Å². The second-order valence-corrected chi connectivity index (χ2v) is 3.94. The van der Waals surface area contributed by atoms with E-state index in [1.54, 1.807) is 42.3 Å². The highest BCUT2D eigenvalue weighted by molar-refractivity contribution is 7.07. The van der Waals surface area contributed by atoms with Crippen LogP contribution in [0.15, 0.2) is 16.8 Å². The molecule has 0 atom stereocenters. The normalized spacial score (nSPS) is 9.77. The van der Waals surface area contributed by atoms with E-state index in [0.29, 0.717) is 6.54 Å². The summed E-state index contributed by atoms with van der Waals surface area (Å²) in [6, 6.07) is 2.07. The van der Waals surface area contributed by atoms with Gasteiger partial charge in [0, 0.05) is 27.7 Å². The summed E-state index contributed by atoms with van der Waals surface area (Å²) in [4.78, 5) is 14.7. The van der Waals surface area contributed by atoms with Crippen molar-refractivity contribution in [1.82, 2.24) is 9.80 Å². The first-order chi connectivity index (χ1) is 6.11. The second-order valence-electron chi connectivity index (χ2n) is 3.16. The second kappa shape index (κ2) is 4.28. The van der Waals surface area contributed by atoms with Crippen molar-refractivity contribution in [1.29, 1.82) is 0 Å². The smallest absolute Gasteiger partial charge is 0.319 e. The SMILES string of the molecule is CN(C)C(=O)N(C)Cc1ccsc1. The molecule has 0 aliphatic rings. The molecule has 1 rings (SSSR count). The number of hydrogen-bond donors (Lipinski definition) is 0. The minimum atomic E-state index is 0.0335. The van der Waals surface area contributed by atoms with Gasteiger partial charge in [0.1, 0.15) is 0 Å². The average molecular weight is 198 g/mol. The van der Waals surface area contributed by atoms with Crippen LogP contribution in [0.3, 0.4) is 0 Å². The van der Waals surface area contributed by atoms with Crippen LogP contribution < -0.4 is 0 Å². The molecule has 0 saturated carbocycles. The third kappa shape index (κ3) is 2.73. The van der Waals surface area contributed by atoms with Crippen LogP contribution in [0.25, 0.3) is 0 Å². The molecule has 0 bridgehead atoms. The first-order valence-corrected chi connectivity index (χ1v) is 4.99. The molecule has 1 heterocycles. The minimum Gasteiger partial charge on any atom is -0.331 e. The first-order valence-electron chi connectivity index (χ1n) is 4.04. The predicted molar refractivity (Wildman–Crippen MR) is 54.9 cm³/mol. The van der Waals surface area contributed by atoms with Crippen molar-refractivity contribution in [2.45, 2.75) is 6.54 Å². The van der Waals surface area contributed by atoms with E-state index in [2.05, 4.69) is 5.38 Å². The Morgan fingerprint density at radius 1 is 1.46 bits per heavy atom. The van der Waals surface area contributed by atoms with Crippen LogP contribution in [0.1, 0.15) is 5.56 Å². The van der Waals surface area contributed by atoms with E-state index in [-0.39, 0.29) is 6.03 Å². The average Bonchev–Trinajstić information content (AvgIpc) is 2.55. The zero-order valence-electron chi connectivity index (χ0n) is 8.15. The zero-order valence-corrected chi connectivity index (χ0v) is 8.97. The molecule has 2 amide bonds. The standard InChI is InChI=1S/C9H14N2OS/c1-10(2)9(12)11(3)6-8-4-5-13-7-8/h4-5,7H,6H2,1-3H3. The molecule has 0 aliphatic carbocycles. The van der Waals surface area contributed by atoms with E-state index in [0.717, 1.165) is 0 Å². The highest BCUT2D eigenvalue weighted by Crippen LogP contribution is 2.08. The summed E-state index contributed by atoms with van der Waals surface area (Å²) in [5, 5.41) is 4.07. The molecule has 0 unspecified atom stereocenters. The molecule has 4 heteroatoms. The quantitative estimate of drug-likeness (QED) is 0.711. The Bertz CT molecular complexity index is 269. The Morgan fingerprint density at radius 3 is 2.62 bits per heavy atom. The lowest BCUT2D eigenvalue weighted by Gasteiger charge is -2.21. The van der Waals surface area contributed by atoms with Crippen molar-refractivity contribution in [2.75, 3.05) is 21.1 Å². The van der Waals surface area contributed by atoms with Crippen molar-refractivity contribution >= 4 is 17.4 Å². The van der Waals surface area contributed by atoms with Crippen LogP contribution in [0, 0.1) is 0 Å². The molecule has 0 N–H and O–H groups in total. The van der Waals surface area contributed by atoms with E-state index < -0.39 is 0 Å². The van der Waals surface area contributed by atoms with Gasteiger partial charge in [-0.05, 0) is 22.4 Å². The van der Waals surface area contributed by atoms with Gasteiger partial charge in [-0.25, -0.2) is 4.79 Å². The molecule has 1 aromatic rings. The van der Waals surface area contributed by atoms with E-state index in [9.17, 15) is 4.79 Å². The number of carbonyl (C=O) groups is 1. The first kappa shape index (κ1) is 10.1. The molecule has 0 spiro atoms. The van der Waals surface area contributed by atoms with Gasteiger partial charge >= 0.3 is 6.03 Å². The van der Waals surface area contributed by atoms with E-state index in [4.69, 9.17) is 0 Å². The van der Waals surface area contributed by atoms with Gasteiger partial charge in [0.25, 0.3) is 0 Å². The lowest BCUT2D eigenvalue weighted by molar-refractivity contribution is 0.180. The Morgan fingerprint density at radius 2 is 2.15 bits per heavy atom. The van der Waals surface area contributed by atoms with Crippen molar-refractivity contribution in [2.24, 2.45) is 0 Å². The predicted octanol–water partition coefficient (Wildman–Crippen LogP) is 1.86. The van der Waals surface area contributed by atoms with Crippen LogP contribution in [-0.2, 0) is 6.54 Å². The lowest BCUT2D eigenvalue weighted by Crippen LogP contribution is -2.35. The number of hydrogen-bond acceptors (Lipinski definition) is 2. The zero-order chi connectivity index (χ0) is 9.84. The van der Waals surface area contributed by atoms with Crippen LogP contribution in [0.5, 0.6) is 0 Å². The number of thiophene rings is 1. The Hall–Kier alpha value is -1.03. The van der Waals surface area contributed by atoms with Gasteiger partial charge in [0.2, 0.25) is 0 Å². The van der Waals surface area contributed by atoms with Crippen LogP contribution in [0.2, 0.25) is 0 Å². The molecule has 72 valence electrons. The summed E-state index contributed by atoms with van der Waals surface area (Å²) < 4.78 is 0. The number of carbonyl (C=O) groups excluding carboxylic acids is 1. The summed E-state index contributed by atoms with van der Waals surface area (Å²) >= 11 is 1.65. The van der Waals surface area contributed by atoms with Gasteiger partial charge in [-0.15, -0.1) is 0 Å². The molecular weight excluding hydrogens is 184 g/mol. The number of nitrogens with zero attached hydrogens (tertiary/aromatic N) is 2. The Labute approximate surface area is 82.6 Å². The number of urea groups is 1. The van der Waals surface area contributed by atoms with Crippen molar-refractivity contribution in [3.8, 4) is 0 Å². The largest absolute Gasteiger partial charge is 0.331 e. The minimum absolute atomic E-state index is 0.0335. The van der Waals surface area contributed by atoms with Gasteiger partial charge in [-0.3, -0.25) is 0 Å². The molecular formula is C9H14N2OS. The number of amides is 2. The molecule has 0 radical (unpaired) electrons. The summed E-state index contributed by atoms with van der Waals surface area (Å²) in [7, 11) is 5.32. The van der Waals surface area contributed by atoms with E-state index in [1.807, 2.05) is 11.4 Å². The molecule has 13 heavy (non-hydrogen) atoms. The Balaban J connectivity index is 2.51. The Kier molecular flexibility index (Phi) is 3.31. The monoisotopic (exact) mass is 198 g/mol. The summed E-state index contributed by atoms with van der Waals surface area (Å²) in [6.07, 6.45) is 0. The third-order valence-corrected chi connectivity index (χ3v) is 2.44. The maximum Gasteiger partial charge on any atom is 0.319 e. The molecule has 0 aliphatic heterocycles. The molecule has 1 aromatic heterocycles. The van der Waals surface area contributed by atoms with Gasteiger partial charge in [-0.2, -0.15) is 11.3 Å². The van der Waals surface area contributed by atoms with Crippen LogP contribution in [-0.4, -0.2) is 37.0 Å². The number of rotatable bonds is 2. The summed E-state index contributed by atoms with van der Waals surface area (Å²) in [5.74, 6) is 0. The van der Waals surface area contributed by atoms with Crippen LogP contribution in [0.4, 0.5) is 4.79 Å². The van der Waals surface area contributed by atoms with Crippen molar-refractivity contribution < 1.29 is 4.79 Å². The summed E-state index contributed by atoms with van der Waals surface area (Å²) in [5.41, 5.74) is 1.18. The fourth-order valence-corrected chi connectivity index (χ4v) is 1.73. The highest BCUT2D eigenvalue weighted by atomic mass is 32.1. The van der Waals surface area contributed by atoms with Crippen molar-refractivity contribution in [3.05, 3.63) is 22.4 Å². The third-order valence-electron chi connectivity index (χ3n) is 1.71. The molecule has 0 aromatic carbocycles. The maximum absolute atomic E-state index is 11.4. The fourth-order valence-electron chi connectivity index (χ4n) is 1.07. The molecule has 3 nitrogen and oxygen atoms in total. The van der Waals surface area contributed by atoms with E-state index >= 15 is 0 Å². The van der Waals surface area contributed by atoms with Gasteiger partial charge in [0.15, 0.2) is 0 Å². The van der Waals surface area contributed by atoms with Crippen molar-refractivity contribution in [3.63, 3.8) is 0 Å². The van der Waals surface area contributed by atoms with Gasteiger partial charge in [-0.1, -0.05) is 0 Å². The maximum atomic E-state index is 11.4. The molecule has 0 saturated heterocycles. The molecule has 0 fully saturated rings. The lowest BCUT2D eigenvalue weighted by atomic mass is 10.3. The van der Waals surface area contributed by atoms with Gasteiger partial charge in [0.05, 0.1) is 0 Å². The van der Waals surface area contributed by atoms with Gasteiger partial charge < -0.3 is 9.80 Å². The summed E-state index contributed by atoms with van der Waals surface area (Å²) in [6.45, 7) is 0.681. The fraction of sp³-hybridized carbons (Fsp3) is 0.444.